The van der Waals surface area contributed by atoms with E-state index in [1.807, 2.05) is 18.7 Å². The van der Waals surface area contributed by atoms with E-state index >= 15 is 0 Å². The van der Waals surface area contributed by atoms with Gasteiger partial charge < -0.3 is 10.2 Å². The Morgan fingerprint density at radius 3 is 2.68 bits per heavy atom. The number of hydrogen-bond acceptors (Lipinski definition) is 7. The Kier molecular flexibility index (Phi) is 4.45. The van der Waals surface area contributed by atoms with E-state index < -0.39 is 0 Å². The number of nitrogens with one attached hydrogen (secondary N) is 2. The fraction of sp³-hybridized carbons (Fsp3) is 0.500. The highest BCUT2D eigenvalue weighted by molar-refractivity contribution is 6.28. The van der Waals surface area contributed by atoms with Crippen LogP contribution in [0.1, 0.15) is 19.7 Å². The molecule has 0 amide bonds. The lowest BCUT2D eigenvalue weighted by Crippen LogP contribution is -2.25. The summed E-state index contributed by atoms with van der Waals surface area (Å²) in [6, 6.07) is 0. The summed E-state index contributed by atoms with van der Waals surface area (Å²) >= 11 is 5.90. The lowest BCUT2D eigenvalue weighted by atomic mass is 10.5. The quantitative estimate of drug-likeness (QED) is 0.819. The number of anilines is 2. The van der Waals surface area contributed by atoms with Gasteiger partial charge in [-0.05, 0) is 25.4 Å². The van der Waals surface area contributed by atoms with Crippen molar-refractivity contribution in [3.05, 3.63) is 17.4 Å². The third kappa shape index (κ3) is 3.50. The number of hydrogen-bond donors (Lipinski definition) is 2. The fourth-order valence-electron chi connectivity index (χ4n) is 1.55. The summed E-state index contributed by atoms with van der Waals surface area (Å²) < 4.78 is 0. The van der Waals surface area contributed by atoms with Crippen LogP contribution < -0.4 is 10.2 Å². The summed E-state index contributed by atoms with van der Waals surface area (Å²) in [5, 5.41) is 9.69. The molecule has 2 rings (SSSR count). The first-order chi connectivity index (χ1) is 9.22. The van der Waals surface area contributed by atoms with Crippen LogP contribution >= 0.6 is 11.6 Å². The number of halogens is 1. The molecule has 0 aliphatic carbocycles. The molecule has 0 spiro atoms. The normalized spacial score (nSPS) is 10.5. The van der Waals surface area contributed by atoms with Crippen molar-refractivity contribution in [1.82, 2.24) is 30.1 Å². The van der Waals surface area contributed by atoms with Gasteiger partial charge in [0.15, 0.2) is 0 Å². The van der Waals surface area contributed by atoms with Crippen LogP contribution in [-0.4, -0.2) is 43.2 Å². The molecule has 9 heteroatoms. The number of nitrogens with zero attached hydrogens (tertiary/aromatic N) is 6. The molecule has 0 bridgehead atoms. The topological polar surface area (TPSA) is 95.5 Å². The van der Waals surface area contributed by atoms with Crippen molar-refractivity contribution in [2.45, 2.75) is 20.4 Å². The van der Waals surface area contributed by atoms with E-state index in [0.717, 1.165) is 13.1 Å². The average Bonchev–Trinajstić information content (AvgIpc) is 2.90. The molecular formula is C10H15ClN8. The molecule has 8 nitrogen and oxygen atoms in total. The van der Waals surface area contributed by atoms with Gasteiger partial charge in [0.05, 0.1) is 6.54 Å². The largest absolute Gasteiger partial charge is 0.347 e. The first-order valence-corrected chi connectivity index (χ1v) is 6.35. The van der Waals surface area contributed by atoms with Gasteiger partial charge in [0.2, 0.25) is 17.2 Å². The highest BCUT2D eigenvalue weighted by Crippen LogP contribution is 2.13. The van der Waals surface area contributed by atoms with E-state index in [-0.39, 0.29) is 5.28 Å². The molecule has 0 aromatic carbocycles. The lowest BCUT2D eigenvalue weighted by molar-refractivity contribution is 0.809. The van der Waals surface area contributed by atoms with E-state index in [1.54, 1.807) is 0 Å². The maximum atomic E-state index is 5.90. The Morgan fingerprint density at radius 2 is 2.05 bits per heavy atom. The molecule has 2 aromatic rings. The smallest absolute Gasteiger partial charge is 0.231 e. The minimum absolute atomic E-state index is 0.164. The number of aromatic nitrogens is 6. The zero-order valence-electron chi connectivity index (χ0n) is 10.8. The van der Waals surface area contributed by atoms with Gasteiger partial charge in [0.25, 0.3) is 0 Å². The maximum Gasteiger partial charge on any atom is 0.231 e. The van der Waals surface area contributed by atoms with Gasteiger partial charge in [-0.2, -0.15) is 20.1 Å². The van der Waals surface area contributed by atoms with E-state index in [0.29, 0.717) is 24.3 Å². The molecule has 0 aliphatic heterocycles. The van der Waals surface area contributed by atoms with Crippen LogP contribution in [0.25, 0.3) is 0 Å². The Balaban J connectivity index is 2.12. The Labute approximate surface area is 115 Å². The van der Waals surface area contributed by atoms with Crippen molar-refractivity contribution in [1.29, 1.82) is 0 Å². The molecule has 19 heavy (non-hydrogen) atoms. The van der Waals surface area contributed by atoms with Crippen LogP contribution in [0.15, 0.2) is 6.33 Å². The first kappa shape index (κ1) is 13.5. The minimum Gasteiger partial charge on any atom is -0.347 e. The Bertz CT molecular complexity index is 510. The van der Waals surface area contributed by atoms with Crippen LogP contribution in [0, 0.1) is 0 Å². The van der Waals surface area contributed by atoms with E-state index in [1.165, 1.54) is 6.33 Å². The van der Waals surface area contributed by atoms with Crippen LogP contribution in [0.5, 0.6) is 0 Å². The molecule has 0 saturated heterocycles. The number of H-pyrrole nitrogens is 1. The van der Waals surface area contributed by atoms with Gasteiger partial charge in [-0.1, -0.05) is 0 Å². The molecule has 2 N–H and O–H groups in total. The highest BCUT2D eigenvalue weighted by Gasteiger charge is 2.10. The highest BCUT2D eigenvalue weighted by atomic mass is 35.5. The molecular weight excluding hydrogens is 268 g/mol. The molecule has 0 saturated carbocycles. The molecule has 0 aliphatic rings. The second-order valence-electron chi connectivity index (χ2n) is 3.69. The van der Waals surface area contributed by atoms with Gasteiger partial charge in [-0.3, -0.25) is 5.10 Å². The first-order valence-electron chi connectivity index (χ1n) is 5.97. The molecule has 2 aromatic heterocycles. The minimum atomic E-state index is 0.164. The van der Waals surface area contributed by atoms with Crippen molar-refractivity contribution >= 4 is 23.5 Å². The van der Waals surface area contributed by atoms with Crippen LogP contribution in [-0.2, 0) is 6.54 Å². The van der Waals surface area contributed by atoms with Crippen LogP contribution in [0.3, 0.4) is 0 Å². The van der Waals surface area contributed by atoms with Gasteiger partial charge in [-0.15, -0.1) is 0 Å². The van der Waals surface area contributed by atoms with Crippen molar-refractivity contribution in [3.8, 4) is 0 Å². The summed E-state index contributed by atoms with van der Waals surface area (Å²) in [7, 11) is 0. The molecule has 102 valence electrons. The predicted molar refractivity (Wildman–Crippen MR) is 72.1 cm³/mol. The Hall–Kier alpha value is -1.96. The summed E-state index contributed by atoms with van der Waals surface area (Å²) in [5.74, 6) is 1.67. The number of aromatic amines is 1. The second-order valence-corrected chi connectivity index (χ2v) is 4.02. The van der Waals surface area contributed by atoms with Gasteiger partial charge >= 0.3 is 0 Å². The summed E-state index contributed by atoms with van der Waals surface area (Å²) in [6.07, 6.45) is 1.44. The van der Waals surface area contributed by atoms with Crippen molar-refractivity contribution in [3.63, 3.8) is 0 Å². The van der Waals surface area contributed by atoms with Crippen LogP contribution in [0.4, 0.5) is 11.9 Å². The monoisotopic (exact) mass is 282 g/mol. The fourth-order valence-corrected chi connectivity index (χ4v) is 1.70. The third-order valence-electron chi connectivity index (χ3n) is 2.52. The molecule has 0 atom stereocenters. The SMILES string of the molecule is CCN(CC)c1nc(Cl)nc(NCc2ncn[nH]2)n1. The zero-order valence-corrected chi connectivity index (χ0v) is 11.5. The third-order valence-corrected chi connectivity index (χ3v) is 2.69. The summed E-state index contributed by atoms with van der Waals surface area (Å²) in [6.45, 7) is 6.11. The zero-order chi connectivity index (χ0) is 13.7. The summed E-state index contributed by atoms with van der Waals surface area (Å²) in [4.78, 5) is 18.5. The predicted octanol–water partition coefficient (Wildman–Crippen LogP) is 1.10. The van der Waals surface area contributed by atoms with Crippen molar-refractivity contribution < 1.29 is 0 Å². The maximum absolute atomic E-state index is 5.90. The molecule has 0 radical (unpaired) electrons. The van der Waals surface area contributed by atoms with Crippen molar-refractivity contribution in [2.24, 2.45) is 0 Å². The average molecular weight is 283 g/mol. The Morgan fingerprint density at radius 1 is 1.26 bits per heavy atom. The standard InChI is InChI=1S/C10H15ClN8/c1-3-19(4-2)10-16-8(11)15-9(17-10)12-5-7-13-6-14-18-7/h6H,3-5H2,1-2H3,(H,13,14,18)(H,12,15,16,17). The number of rotatable bonds is 6. The van der Waals surface area contributed by atoms with E-state index in [4.69, 9.17) is 11.6 Å². The molecule has 2 heterocycles. The van der Waals surface area contributed by atoms with Gasteiger partial charge in [0, 0.05) is 13.1 Å². The molecule has 0 fully saturated rings. The van der Waals surface area contributed by atoms with Crippen LogP contribution in [0.2, 0.25) is 5.28 Å². The van der Waals surface area contributed by atoms with Gasteiger partial charge in [0.1, 0.15) is 12.2 Å². The molecule has 0 unspecified atom stereocenters. The summed E-state index contributed by atoms with van der Waals surface area (Å²) in [5.41, 5.74) is 0. The second kappa shape index (κ2) is 6.28. The van der Waals surface area contributed by atoms with Crippen molar-refractivity contribution in [2.75, 3.05) is 23.3 Å². The van der Waals surface area contributed by atoms with E-state index in [9.17, 15) is 0 Å². The lowest BCUT2D eigenvalue weighted by Gasteiger charge is -2.18. The van der Waals surface area contributed by atoms with Gasteiger partial charge in [-0.25, -0.2) is 4.98 Å². The van der Waals surface area contributed by atoms with E-state index in [2.05, 4.69) is 35.5 Å².